The lowest BCUT2D eigenvalue weighted by atomic mass is 9.76. The maximum absolute atomic E-state index is 13.5. The van der Waals surface area contributed by atoms with E-state index < -0.39 is 5.97 Å². The monoisotopic (exact) mass is 686 g/mol. The summed E-state index contributed by atoms with van der Waals surface area (Å²) in [5.41, 5.74) is 3.19. The number of aromatic nitrogens is 1. The first-order valence-corrected chi connectivity index (χ1v) is 17.0. The third-order valence-electron chi connectivity index (χ3n) is 7.59. The number of nitrogens with zero attached hydrogens (tertiary/aromatic N) is 1. The van der Waals surface area contributed by atoms with E-state index in [1.165, 1.54) is 28.5 Å². The van der Waals surface area contributed by atoms with E-state index in [0.29, 0.717) is 94.7 Å². The number of thiophene rings is 1. The molecule has 48 heavy (non-hydrogen) atoms. The van der Waals surface area contributed by atoms with Crippen molar-refractivity contribution in [2.45, 2.75) is 33.1 Å². The summed E-state index contributed by atoms with van der Waals surface area (Å²) in [5.74, 6) is -0.768. The number of carboxylic acids is 1. The molecule has 0 bridgehead atoms. The molecule has 1 aliphatic carbocycles. The van der Waals surface area contributed by atoms with Crippen molar-refractivity contribution in [3.8, 4) is 17.0 Å². The lowest BCUT2D eigenvalue weighted by molar-refractivity contribution is -0.0146. The van der Waals surface area contributed by atoms with Crippen LogP contribution in [0.15, 0.2) is 42.6 Å². The number of hydrogen-bond acceptors (Lipinski definition) is 11. The molecular weight excluding hydrogens is 640 g/mol. The summed E-state index contributed by atoms with van der Waals surface area (Å²) in [7, 11) is 0. The second-order valence-corrected chi connectivity index (χ2v) is 13.0. The summed E-state index contributed by atoms with van der Waals surface area (Å²) in [6.07, 6.45) is 4.19. The summed E-state index contributed by atoms with van der Waals surface area (Å²) in [4.78, 5) is 30.8. The Hall–Kier alpha value is -3.43. The van der Waals surface area contributed by atoms with Crippen molar-refractivity contribution in [1.29, 1.82) is 0 Å². The van der Waals surface area contributed by atoms with Crippen molar-refractivity contribution < 1.29 is 48.2 Å². The van der Waals surface area contributed by atoms with Crippen molar-refractivity contribution in [1.82, 2.24) is 4.98 Å². The van der Waals surface area contributed by atoms with E-state index in [4.69, 9.17) is 33.5 Å². The molecule has 1 aliphatic rings. The van der Waals surface area contributed by atoms with E-state index in [1.54, 1.807) is 30.3 Å². The number of carbonyl (C=O) groups is 2. The molecule has 2 heterocycles. The normalized spacial score (nSPS) is 13.6. The molecule has 0 atom stereocenters. The number of pyridine rings is 1. The van der Waals surface area contributed by atoms with Gasteiger partial charge >= 0.3 is 5.97 Å². The maximum atomic E-state index is 13.5. The molecular formula is C35H46N2O10S. The Morgan fingerprint density at radius 2 is 1.48 bits per heavy atom. The van der Waals surface area contributed by atoms with Gasteiger partial charge in [-0.1, -0.05) is 19.9 Å². The molecule has 0 radical (unpaired) electrons. The zero-order chi connectivity index (χ0) is 34.2. The van der Waals surface area contributed by atoms with Crippen molar-refractivity contribution in [2.24, 2.45) is 5.41 Å². The smallest absolute Gasteiger partial charge is 0.335 e. The van der Waals surface area contributed by atoms with Crippen LogP contribution < -0.4 is 10.1 Å². The number of aliphatic hydroxyl groups excluding tert-OH is 1. The van der Waals surface area contributed by atoms with Crippen molar-refractivity contribution >= 4 is 28.2 Å². The number of hydrogen-bond donors (Lipinski definition) is 3. The highest BCUT2D eigenvalue weighted by Crippen LogP contribution is 2.47. The topological polar surface area (TPSA) is 155 Å². The van der Waals surface area contributed by atoms with Crippen LogP contribution in [0.1, 0.15) is 51.4 Å². The molecule has 0 spiro atoms. The minimum absolute atomic E-state index is 0.00725. The zero-order valence-electron chi connectivity index (χ0n) is 27.7. The van der Waals surface area contributed by atoms with Gasteiger partial charge in [-0.2, -0.15) is 0 Å². The number of ether oxygens (including phenoxy) is 6. The van der Waals surface area contributed by atoms with Crippen LogP contribution in [0.2, 0.25) is 0 Å². The fourth-order valence-electron chi connectivity index (χ4n) is 5.13. The van der Waals surface area contributed by atoms with Gasteiger partial charge in [-0.05, 0) is 60.6 Å². The third-order valence-corrected chi connectivity index (χ3v) is 8.74. The number of rotatable bonds is 22. The van der Waals surface area contributed by atoms with Gasteiger partial charge in [0.2, 0.25) is 0 Å². The second-order valence-electron chi connectivity index (χ2n) is 11.9. The molecule has 1 amide bonds. The Bertz CT molecular complexity index is 1460. The fourth-order valence-corrected chi connectivity index (χ4v) is 6.64. The number of nitrogens with one attached hydrogen (secondary N) is 1. The molecule has 13 heteroatoms. The molecule has 3 N–H and O–H groups in total. The van der Waals surface area contributed by atoms with Crippen LogP contribution in [0.3, 0.4) is 0 Å². The Labute approximate surface area is 285 Å². The van der Waals surface area contributed by atoms with Gasteiger partial charge in [-0.3, -0.25) is 9.78 Å². The van der Waals surface area contributed by atoms with E-state index >= 15 is 0 Å². The van der Waals surface area contributed by atoms with Crippen LogP contribution in [-0.2, 0) is 36.5 Å². The Morgan fingerprint density at radius 3 is 2.10 bits per heavy atom. The molecule has 3 aromatic rings. The molecule has 2 aromatic heterocycles. The predicted octanol–water partition coefficient (Wildman–Crippen LogP) is 4.73. The van der Waals surface area contributed by atoms with Crippen LogP contribution in [0.4, 0.5) is 5.00 Å². The highest BCUT2D eigenvalue weighted by Gasteiger charge is 2.31. The summed E-state index contributed by atoms with van der Waals surface area (Å²) in [5, 5.41) is 21.9. The summed E-state index contributed by atoms with van der Waals surface area (Å²) in [6, 6.07) is 10.00. The van der Waals surface area contributed by atoms with Crippen molar-refractivity contribution in [3.63, 3.8) is 0 Å². The molecule has 0 unspecified atom stereocenters. The first-order valence-electron chi connectivity index (χ1n) is 16.2. The predicted molar refractivity (Wildman–Crippen MR) is 181 cm³/mol. The molecule has 1 aromatic carbocycles. The van der Waals surface area contributed by atoms with Gasteiger partial charge in [-0.15, -0.1) is 11.3 Å². The first-order chi connectivity index (χ1) is 23.3. The standard InChI is InChI=1S/C35H46N2O10S/c1-35(2)8-6-28-30(24-35)48-33(31(28)29-23-26(34(40)41)7-9-36-29)37-32(39)25-4-3-5-27(22-25)47-21-20-46-19-18-45-17-16-44-15-14-43-13-12-42-11-10-38/h3-5,7,9,22-23,38H,6,8,10-21,24H2,1-2H3,(H,37,39)(H,40,41). The van der Waals surface area contributed by atoms with E-state index in [2.05, 4.69) is 24.1 Å². The van der Waals surface area contributed by atoms with E-state index in [-0.39, 0.29) is 23.5 Å². The maximum Gasteiger partial charge on any atom is 0.335 e. The van der Waals surface area contributed by atoms with Crippen LogP contribution >= 0.6 is 11.3 Å². The van der Waals surface area contributed by atoms with E-state index in [0.717, 1.165) is 30.4 Å². The van der Waals surface area contributed by atoms with Crippen molar-refractivity contribution in [3.05, 3.63) is 64.2 Å². The summed E-state index contributed by atoms with van der Waals surface area (Å²) < 4.78 is 32.8. The van der Waals surface area contributed by atoms with Gasteiger partial charge in [-0.25, -0.2) is 4.79 Å². The average Bonchev–Trinajstić information content (AvgIpc) is 3.41. The highest BCUT2D eigenvalue weighted by atomic mass is 32.1. The van der Waals surface area contributed by atoms with Gasteiger partial charge in [0.05, 0.1) is 83.9 Å². The molecule has 0 aliphatic heterocycles. The van der Waals surface area contributed by atoms with Gasteiger partial charge in [0.15, 0.2) is 0 Å². The fraction of sp³-hybridized carbons (Fsp3) is 0.514. The number of aliphatic hydroxyl groups is 1. The van der Waals surface area contributed by atoms with Crippen LogP contribution in [-0.4, -0.2) is 106 Å². The molecule has 4 rings (SSSR count). The lowest BCUT2D eigenvalue weighted by Gasteiger charge is -2.29. The quantitative estimate of drug-likeness (QED) is 0.126. The Balaban J connectivity index is 1.20. The molecule has 0 saturated heterocycles. The largest absolute Gasteiger partial charge is 0.491 e. The lowest BCUT2D eigenvalue weighted by Crippen LogP contribution is -2.20. The second kappa shape index (κ2) is 19.5. The molecule has 0 fully saturated rings. The highest BCUT2D eigenvalue weighted by molar-refractivity contribution is 7.17. The number of amides is 1. The summed E-state index contributed by atoms with van der Waals surface area (Å²) >= 11 is 1.54. The third kappa shape index (κ3) is 11.9. The average molecular weight is 687 g/mol. The number of anilines is 1. The van der Waals surface area contributed by atoms with Gasteiger partial charge in [0, 0.05) is 22.2 Å². The number of benzene rings is 1. The van der Waals surface area contributed by atoms with E-state index in [1.807, 2.05) is 0 Å². The van der Waals surface area contributed by atoms with Crippen LogP contribution in [0.5, 0.6) is 5.75 Å². The molecule has 12 nitrogen and oxygen atoms in total. The molecule has 0 saturated carbocycles. The van der Waals surface area contributed by atoms with Gasteiger partial charge in [0.1, 0.15) is 17.4 Å². The van der Waals surface area contributed by atoms with Crippen LogP contribution in [0, 0.1) is 5.41 Å². The number of fused-ring (bicyclic) bond motifs is 1. The van der Waals surface area contributed by atoms with Gasteiger partial charge in [0.25, 0.3) is 5.91 Å². The number of carbonyl (C=O) groups excluding carboxylic acids is 1. The SMILES string of the molecule is CC1(C)CCc2c(sc(NC(=O)c3cccc(OCCOCCOCCOCCOCCOCCO)c3)c2-c2cc(C(=O)O)ccn2)C1. The zero-order valence-corrected chi connectivity index (χ0v) is 28.5. The minimum Gasteiger partial charge on any atom is -0.491 e. The number of aromatic carboxylic acids is 1. The minimum atomic E-state index is -1.02. The number of carboxylic acid groups (broad SMARTS) is 1. The first kappa shape index (κ1) is 37.4. The van der Waals surface area contributed by atoms with Crippen LogP contribution in [0.25, 0.3) is 11.3 Å². The Morgan fingerprint density at radius 1 is 0.854 bits per heavy atom. The van der Waals surface area contributed by atoms with Crippen molar-refractivity contribution in [2.75, 3.05) is 84.6 Å². The molecule has 262 valence electrons. The summed E-state index contributed by atoms with van der Waals surface area (Å²) in [6.45, 7) is 9.07. The van der Waals surface area contributed by atoms with Gasteiger partial charge < -0.3 is 44.0 Å². The van der Waals surface area contributed by atoms with E-state index in [9.17, 15) is 14.7 Å². The Kier molecular flexibility index (Phi) is 15.2.